The van der Waals surface area contributed by atoms with Crippen molar-refractivity contribution in [3.05, 3.63) is 0 Å². The number of ether oxygens (including phenoxy) is 1. The lowest BCUT2D eigenvalue weighted by molar-refractivity contribution is -0.119. The van der Waals surface area contributed by atoms with Crippen LogP contribution in [0.4, 0.5) is 0 Å². The van der Waals surface area contributed by atoms with Crippen LogP contribution in [0.25, 0.3) is 0 Å². The lowest BCUT2D eigenvalue weighted by Gasteiger charge is -2.29. The smallest absolute Gasteiger partial charge is 0.111 e. The monoisotopic (exact) mass is 325 g/mol. The molecule has 0 aliphatic heterocycles. The summed E-state index contributed by atoms with van der Waals surface area (Å²) in [5.41, 5.74) is 0. The maximum Gasteiger partial charge on any atom is 0.111 e. The molecule has 0 fully saturated rings. The van der Waals surface area contributed by atoms with Crippen LogP contribution >= 0.6 is 0 Å². The third kappa shape index (κ3) is 8.96. The van der Waals surface area contributed by atoms with Crippen LogP contribution in [0.5, 0.6) is 0 Å². The Kier molecular flexibility index (Phi) is 12.0. The lowest BCUT2D eigenvalue weighted by Crippen LogP contribution is -2.50. The number of rotatable bonds is 13. The van der Waals surface area contributed by atoms with Crippen molar-refractivity contribution in [2.45, 2.75) is 50.3 Å². The van der Waals surface area contributed by atoms with Crippen molar-refractivity contribution < 1.29 is 35.4 Å². The van der Waals surface area contributed by atoms with Gasteiger partial charge in [-0.3, -0.25) is 0 Å². The fourth-order valence-electron chi connectivity index (χ4n) is 1.94. The Hall–Kier alpha value is -0.320. The molecule has 0 rings (SSSR count). The summed E-state index contributed by atoms with van der Waals surface area (Å²) in [6, 6.07) is 0. The first-order valence-electron chi connectivity index (χ1n) is 7.60. The van der Waals surface area contributed by atoms with E-state index in [0.29, 0.717) is 6.61 Å². The van der Waals surface area contributed by atoms with Gasteiger partial charge in [0.05, 0.1) is 25.4 Å². The van der Waals surface area contributed by atoms with Crippen molar-refractivity contribution >= 4 is 0 Å². The zero-order valence-corrected chi connectivity index (χ0v) is 13.4. The summed E-state index contributed by atoms with van der Waals surface area (Å²) >= 11 is 0. The lowest BCUT2D eigenvalue weighted by atomic mass is 10.0. The molecule has 0 aliphatic carbocycles. The third-order valence-corrected chi connectivity index (χ3v) is 3.30. The Morgan fingerprint density at radius 3 is 2.09 bits per heavy atom. The predicted molar refractivity (Wildman–Crippen MR) is 80.3 cm³/mol. The van der Waals surface area contributed by atoms with E-state index >= 15 is 0 Å². The van der Waals surface area contributed by atoms with E-state index < -0.39 is 37.1 Å². The molecule has 0 aromatic heterocycles. The van der Waals surface area contributed by atoms with Crippen molar-refractivity contribution in [2.24, 2.45) is 0 Å². The van der Waals surface area contributed by atoms with Crippen molar-refractivity contribution in [3.8, 4) is 0 Å². The van der Waals surface area contributed by atoms with Crippen LogP contribution in [0.1, 0.15) is 19.8 Å². The van der Waals surface area contributed by atoms with Gasteiger partial charge in [-0.1, -0.05) is 13.3 Å². The van der Waals surface area contributed by atoms with Gasteiger partial charge in [0, 0.05) is 19.7 Å². The number of aliphatic hydroxyl groups excluding tert-OH is 6. The Morgan fingerprint density at radius 1 is 0.955 bits per heavy atom. The minimum Gasteiger partial charge on any atom is -0.394 e. The molecule has 8 heteroatoms. The van der Waals surface area contributed by atoms with Crippen molar-refractivity contribution in [3.63, 3.8) is 0 Å². The molecule has 8 nitrogen and oxygen atoms in total. The molecular weight excluding hydrogens is 294 g/mol. The number of hydrogen-bond donors (Lipinski definition) is 6. The van der Waals surface area contributed by atoms with E-state index in [0.717, 1.165) is 12.8 Å². The zero-order chi connectivity index (χ0) is 17.1. The maximum atomic E-state index is 9.80. The molecule has 134 valence electrons. The quantitative estimate of drug-likeness (QED) is 0.205. The first-order valence-corrected chi connectivity index (χ1v) is 7.60. The van der Waals surface area contributed by atoms with Gasteiger partial charge in [-0.2, -0.15) is 0 Å². The number of unbranched alkanes of at least 4 members (excludes halogenated alkanes) is 1. The van der Waals surface area contributed by atoms with Gasteiger partial charge >= 0.3 is 0 Å². The van der Waals surface area contributed by atoms with Crippen LogP contribution in [0.2, 0.25) is 0 Å². The van der Waals surface area contributed by atoms with Gasteiger partial charge in [0.1, 0.15) is 18.3 Å². The molecule has 5 atom stereocenters. The summed E-state index contributed by atoms with van der Waals surface area (Å²) in [5.74, 6) is 0. The number of nitrogens with zero attached hydrogens (tertiary/aromatic N) is 1. The van der Waals surface area contributed by atoms with Gasteiger partial charge in [-0.05, 0) is 13.5 Å². The minimum absolute atomic E-state index is 0.0115. The Bertz CT molecular complexity index is 270. The van der Waals surface area contributed by atoms with Gasteiger partial charge in [-0.25, -0.2) is 0 Å². The van der Waals surface area contributed by atoms with Crippen LogP contribution in [-0.2, 0) is 4.74 Å². The summed E-state index contributed by atoms with van der Waals surface area (Å²) < 4.78 is 5.28. The summed E-state index contributed by atoms with van der Waals surface area (Å²) in [7, 11) is 1.64. The first-order chi connectivity index (χ1) is 10.3. The summed E-state index contributed by atoms with van der Waals surface area (Å²) in [4.78, 5) is 1.58. The van der Waals surface area contributed by atoms with E-state index in [4.69, 9.17) is 9.84 Å². The fourth-order valence-corrected chi connectivity index (χ4v) is 1.94. The second-order valence-corrected chi connectivity index (χ2v) is 5.60. The van der Waals surface area contributed by atoms with Crippen molar-refractivity contribution in [1.82, 2.24) is 4.90 Å². The molecule has 0 heterocycles. The second-order valence-electron chi connectivity index (χ2n) is 5.60. The van der Waals surface area contributed by atoms with Crippen LogP contribution < -0.4 is 0 Å². The Balaban J connectivity index is 4.05. The average molecular weight is 325 g/mol. The molecule has 0 saturated carbocycles. The molecule has 0 radical (unpaired) electrons. The topological polar surface area (TPSA) is 134 Å². The summed E-state index contributed by atoms with van der Waals surface area (Å²) in [6.45, 7) is 2.33. The fraction of sp³-hybridized carbons (Fsp3) is 1.00. The molecule has 0 aromatic carbocycles. The first kappa shape index (κ1) is 21.7. The third-order valence-electron chi connectivity index (χ3n) is 3.30. The summed E-state index contributed by atoms with van der Waals surface area (Å²) in [5, 5.41) is 56.7. The molecule has 0 bridgehead atoms. The van der Waals surface area contributed by atoms with Crippen LogP contribution in [-0.4, -0.2) is 106 Å². The average Bonchev–Trinajstić information content (AvgIpc) is 2.48. The van der Waals surface area contributed by atoms with Gasteiger partial charge in [-0.15, -0.1) is 0 Å². The van der Waals surface area contributed by atoms with E-state index in [9.17, 15) is 25.5 Å². The highest BCUT2D eigenvalue weighted by atomic mass is 16.5. The highest BCUT2D eigenvalue weighted by Gasteiger charge is 2.30. The largest absolute Gasteiger partial charge is 0.394 e. The van der Waals surface area contributed by atoms with Gasteiger partial charge in [0.15, 0.2) is 0 Å². The molecule has 0 amide bonds. The van der Waals surface area contributed by atoms with Crippen molar-refractivity contribution in [1.29, 1.82) is 0 Å². The van der Waals surface area contributed by atoms with Crippen molar-refractivity contribution in [2.75, 3.05) is 40.0 Å². The summed E-state index contributed by atoms with van der Waals surface area (Å²) in [6.07, 6.45) is -4.86. The molecule has 5 unspecified atom stereocenters. The molecule has 0 saturated heterocycles. The van der Waals surface area contributed by atoms with Gasteiger partial charge < -0.3 is 40.3 Å². The highest BCUT2D eigenvalue weighted by Crippen LogP contribution is 2.06. The van der Waals surface area contributed by atoms with E-state index in [1.54, 1.807) is 11.9 Å². The molecule has 0 aliphatic rings. The SMILES string of the molecule is CCCCOCC(O)CN(C)CC(O)C(O)C(O)C(O)CO. The maximum absolute atomic E-state index is 9.80. The number of likely N-dealkylation sites (N-methyl/N-ethyl adjacent to an activating group) is 1. The van der Waals surface area contributed by atoms with E-state index in [1.807, 2.05) is 6.92 Å². The van der Waals surface area contributed by atoms with E-state index in [2.05, 4.69) is 0 Å². The second kappa shape index (κ2) is 12.1. The number of hydrogen-bond acceptors (Lipinski definition) is 8. The Morgan fingerprint density at radius 2 is 1.55 bits per heavy atom. The van der Waals surface area contributed by atoms with E-state index in [1.165, 1.54) is 0 Å². The number of aliphatic hydroxyl groups is 6. The highest BCUT2D eigenvalue weighted by molar-refractivity contribution is 4.82. The van der Waals surface area contributed by atoms with Crippen LogP contribution in [0.3, 0.4) is 0 Å². The van der Waals surface area contributed by atoms with Crippen LogP contribution in [0, 0.1) is 0 Å². The minimum atomic E-state index is -1.64. The van der Waals surface area contributed by atoms with Gasteiger partial charge in [0.2, 0.25) is 0 Å². The molecule has 0 spiro atoms. The molecule has 0 aromatic rings. The zero-order valence-electron chi connectivity index (χ0n) is 13.4. The predicted octanol–water partition coefficient (Wildman–Crippen LogP) is -2.47. The molecule has 6 N–H and O–H groups in total. The normalized spacial score (nSPS) is 19.0. The van der Waals surface area contributed by atoms with Crippen LogP contribution in [0.15, 0.2) is 0 Å². The molecule has 22 heavy (non-hydrogen) atoms. The standard InChI is InChI=1S/C14H31NO7/c1-3-4-5-22-9-10(17)6-15(2)7-11(18)13(20)14(21)12(19)8-16/h10-14,16-21H,3-9H2,1-2H3. The van der Waals surface area contributed by atoms with E-state index in [-0.39, 0.29) is 19.7 Å². The van der Waals surface area contributed by atoms with Gasteiger partial charge in [0.25, 0.3) is 0 Å². The molecular formula is C14H31NO7. The Labute approximate surface area is 131 Å².